The first-order chi connectivity index (χ1) is 8.75. The second-order valence-electron chi connectivity index (χ2n) is 3.96. The molecule has 1 aromatic carbocycles. The third kappa shape index (κ3) is 4.36. The van der Waals surface area contributed by atoms with Gasteiger partial charge in [0.1, 0.15) is 16.8 Å². The van der Waals surface area contributed by atoms with Crippen molar-refractivity contribution in [1.29, 1.82) is 0 Å². The minimum atomic E-state index is -4.54. The van der Waals surface area contributed by atoms with E-state index in [0.717, 1.165) is 6.07 Å². The van der Waals surface area contributed by atoms with Gasteiger partial charge in [-0.25, -0.2) is 0 Å². The fraction of sp³-hybridized carbons (Fsp3) is 0.417. The van der Waals surface area contributed by atoms with Crippen LogP contribution >= 0.6 is 12.2 Å². The molecule has 0 bridgehead atoms. The Morgan fingerprint density at radius 2 is 2.05 bits per heavy atom. The van der Waals surface area contributed by atoms with E-state index < -0.39 is 17.8 Å². The van der Waals surface area contributed by atoms with Crippen molar-refractivity contribution in [1.82, 2.24) is 0 Å². The van der Waals surface area contributed by atoms with Crippen LogP contribution in [-0.2, 0) is 10.9 Å². The molecule has 1 aromatic rings. The molecule has 0 spiro atoms. The summed E-state index contributed by atoms with van der Waals surface area (Å²) in [5.41, 5.74) is 4.57. The number of hydrogen-bond donors (Lipinski definition) is 1. The van der Waals surface area contributed by atoms with Crippen molar-refractivity contribution >= 4 is 17.2 Å². The van der Waals surface area contributed by atoms with Gasteiger partial charge in [0.25, 0.3) is 0 Å². The third-order valence-corrected chi connectivity index (χ3v) is 2.53. The summed E-state index contributed by atoms with van der Waals surface area (Å²) in [6, 6.07) is 3.49. The largest absolute Gasteiger partial charge is 0.488 e. The summed E-state index contributed by atoms with van der Waals surface area (Å²) in [5.74, 6) is -0.267. The smallest absolute Gasteiger partial charge is 0.419 e. The lowest BCUT2D eigenvalue weighted by molar-refractivity contribution is -0.139. The van der Waals surface area contributed by atoms with Crippen LogP contribution in [0.25, 0.3) is 0 Å². The van der Waals surface area contributed by atoms with Crippen LogP contribution in [0.2, 0.25) is 0 Å². The molecular formula is C12H14F3NO2S. The molecule has 0 heterocycles. The summed E-state index contributed by atoms with van der Waals surface area (Å²) in [5, 5.41) is 0. The molecule has 0 saturated carbocycles. The highest BCUT2D eigenvalue weighted by Crippen LogP contribution is 2.37. The Balaban J connectivity index is 3.13. The maximum atomic E-state index is 12.9. The Kier molecular flexibility index (Phi) is 5.13. The molecule has 7 heteroatoms. The number of alkyl halides is 3. The van der Waals surface area contributed by atoms with Crippen molar-refractivity contribution in [2.45, 2.75) is 19.2 Å². The molecule has 0 aliphatic carbocycles. The predicted molar refractivity (Wildman–Crippen MR) is 69.3 cm³/mol. The molecule has 3 nitrogen and oxygen atoms in total. The van der Waals surface area contributed by atoms with Gasteiger partial charge >= 0.3 is 6.18 Å². The monoisotopic (exact) mass is 293 g/mol. The number of benzene rings is 1. The van der Waals surface area contributed by atoms with E-state index in [1.807, 2.05) is 0 Å². The zero-order chi connectivity index (χ0) is 14.6. The Morgan fingerprint density at radius 1 is 1.42 bits per heavy atom. The lowest BCUT2D eigenvalue weighted by Crippen LogP contribution is -2.21. The van der Waals surface area contributed by atoms with E-state index in [-0.39, 0.29) is 22.9 Å². The predicted octanol–water partition coefficient (Wildman–Crippen LogP) is 2.75. The average Bonchev–Trinajstić information content (AvgIpc) is 2.27. The van der Waals surface area contributed by atoms with Crippen molar-refractivity contribution in [2.24, 2.45) is 5.73 Å². The van der Waals surface area contributed by atoms with Crippen LogP contribution in [0.1, 0.15) is 18.1 Å². The number of hydrogen-bond acceptors (Lipinski definition) is 3. The first-order valence-corrected chi connectivity index (χ1v) is 5.83. The van der Waals surface area contributed by atoms with Gasteiger partial charge in [0.05, 0.1) is 12.2 Å². The molecule has 0 aromatic heterocycles. The van der Waals surface area contributed by atoms with E-state index in [1.165, 1.54) is 19.2 Å². The van der Waals surface area contributed by atoms with Gasteiger partial charge in [-0.2, -0.15) is 13.2 Å². The second kappa shape index (κ2) is 6.21. The van der Waals surface area contributed by atoms with Gasteiger partial charge in [0, 0.05) is 12.7 Å². The Hall–Kier alpha value is -1.34. The van der Waals surface area contributed by atoms with Crippen LogP contribution in [0, 0.1) is 0 Å². The van der Waals surface area contributed by atoms with E-state index in [1.54, 1.807) is 6.92 Å². The van der Waals surface area contributed by atoms with Crippen LogP contribution in [0.15, 0.2) is 18.2 Å². The van der Waals surface area contributed by atoms with Crippen molar-refractivity contribution in [3.8, 4) is 5.75 Å². The summed E-state index contributed by atoms with van der Waals surface area (Å²) in [6.45, 7) is 1.81. The lowest BCUT2D eigenvalue weighted by Gasteiger charge is -2.19. The van der Waals surface area contributed by atoms with Gasteiger partial charge in [-0.3, -0.25) is 0 Å². The molecule has 1 unspecified atom stereocenters. The molecule has 19 heavy (non-hydrogen) atoms. The van der Waals surface area contributed by atoms with Crippen molar-refractivity contribution in [3.05, 3.63) is 29.3 Å². The van der Waals surface area contributed by atoms with Crippen LogP contribution in [0.3, 0.4) is 0 Å². The first kappa shape index (κ1) is 15.7. The number of thiocarbonyl (C=S) groups is 1. The zero-order valence-corrected chi connectivity index (χ0v) is 11.3. The Morgan fingerprint density at radius 3 is 2.53 bits per heavy atom. The van der Waals surface area contributed by atoms with Crippen LogP contribution in [0.5, 0.6) is 5.75 Å². The van der Waals surface area contributed by atoms with Crippen molar-refractivity contribution in [2.75, 3.05) is 13.7 Å². The fourth-order valence-electron chi connectivity index (χ4n) is 1.49. The Bertz CT molecular complexity index is 463. The normalized spacial score (nSPS) is 13.1. The molecule has 106 valence electrons. The second-order valence-corrected chi connectivity index (χ2v) is 4.40. The SMILES string of the molecule is COCC(C)Oc1ccc(C(N)=S)cc1C(F)(F)F. The van der Waals surface area contributed by atoms with Crippen molar-refractivity contribution in [3.63, 3.8) is 0 Å². The molecule has 0 radical (unpaired) electrons. The van der Waals surface area contributed by atoms with Crippen LogP contribution in [0.4, 0.5) is 13.2 Å². The zero-order valence-electron chi connectivity index (χ0n) is 10.5. The topological polar surface area (TPSA) is 44.5 Å². The van der Waals surface area contributed by atoms with E-state index in [4.69, 9.17) is 15.2 Å². The minimum Gasteiger partial charge on any atom is -0.488 e. The van der Waals surface area contributed by atoms with E-state index in [9.17, 15) is 13.2 Å². The molecule has 0 amide bonds. The highest BCUT2D eigenvalue weighted by molar-refractivity contribution is 7.80. The summed E-state index contributed by atoms with van der Waals surface area (Å²) >= 11 is 4.67. The van der Waals surface area contributed by atoms with Gasteiger partial charge in [0.2, 0.25) is 0 Å². The lowest BCUT2D eigenvalue weighted by atomic mass is 10.1. The van der Waals surface area contributed by atoms with E-state index in [0.29, 0.717) is 0 Å². The number of halogens is 3. The molecular weight excluding hydrogens is 279 g/mol. The number of rotatable bonds is 5. The number of methoxy groups -OCH3 is 1. The van der Waals surface area contributed by atoms with Gasteiger partial charge in [-0.05, 0) is 25.1 Å². The summed E-state index contributed by atoms with van der Waals surface area (Å²) in [7, 11) is 1.44. The molecule has 1 atom stereocenters. The van der Waals surface area contributed by atoms with Gasteiger partial charge in [-0.15, -0.1) is 0 Å². The molecule has 2 N–H and O–H groups in total. The maximum Gasteiger partial charge on any atom is 0.419 e. The quantitative estimate of drug-likeness (QED) is 0.848. The summed E-state index contributed by atoms with van der Waals surface area (Å²) < 4.78 is 48.8. The van der Waals surface area contributed by atoms with Crippen LogP contribution in [-0.4, -0.2) is 24.8 Å². The van der Waals surface area contributed by atoms with E-state index >= 15 is 0 Å². The number of ether oxygens (including phenoxy) is 2. The standard InChI is InChI=1S/C12H14F3NO2S/c1-7(6-17-2)18-10-4-3-8(11(16)19)5-9(10)12(13,14)15/h3-5,7H,6H2,1-2H3,(H2,16,19). The fourth-order valence-corrected chi connectivity index (χ4v) is 1.62. The van der Waals surface area contributed by atoms with Gasteiger partial charge in [0.15, 0.2) is 0 Å². The molecule has 0 aliphatic heterocycles. The third-order valence-electron chi connectivity index (χ3n) is 2.30. The first-order valence-electron chi connectivity index (χ1n) is 5.42. The van der Waals surface area contributed by atoms with E-state index in [2.05, 4.69) is 12.2 Å². The van der Waals surface area contributed by atoms with Gasteiger partial charge in [-0.1, -0.05) is 12.2 Å². The summed E-state index contributed by atoms with van der Waals surface area (Å²) in [6.07, 6.45) is -5.04. The Labute approximate surface area is 114 Å². The highest BCUT2D eigenvalue weighted by Gasteiger charge is 2.35. The molecule has 0 aliphatic rings. The maximum absolute atomic E-state index is 12.9. The highest BCUT2D eigenvalue weighted by atomic mass is 32.1. The molecule has 0 fully saturated rings. The van der Waals surface area contributed by atoms with Crippen LogP contribution < -0.4 is 10.5 Å². The molecule has 0 saturated heterocycles. The minimum absolute atomic E-state index is 0.0954. The van der Waals surface area contributed by atoms with Gasteiger partial charge < -0.3 is 15.2 Å². The van der Waals surface area contributed by atoms with Crippen molar-refractivity contribution < 1.29 is 22.6 Å². The molecule has 1 rings (SSSR count). The average molecular weight is 293 g/mol. The summed E-state index contributed by atoms with van der Waals surface area (Å²) in [4.78, 5) is -0.0954. The number of nitrogens with two attached hydrogens (primary N) is 1.